The van der Waals surface area contributed by atoms with Gasteiger partial charge in [-0.25, -0.2) is 4.98 Å². The maximum absolute atomic E-state index is 10.0. The van der Waals surface area contributed by atoms with E-state index < -0.39 is 6.10 Å². The van der Waals surface area contributed by atoms with Gasteiger partial charge in [0, 0.05) is 25.0 Å². The van der Waals surface area contributed by atoms with Crippen molar-refractivity contribution in [3.05, 3.63) is 53.0 Å². The Kier molecular flexibility index (Phi) is 8.76. The average molecular weight is 407 g/mol. The number of imidazole rings is 1. The highest BCUT2D eigenvalue weighted by molar-refractivity contribution is 6.35. The molecular weight excluding hydrogens is 385 g/mol. The summed E-state index contributed by atoms with van der Waals surface area (Å²) in [4.78, 5) is 4.00. The zero-order valence-corrected chi connectivity index (χ0v) is 16.4. The quantitative estimate of drug-likeness (QED) is 0.699. The molecule has 1 atom stereocenters. The summed E-state index contributed by atoms with van der Waals surface area (Å²) in [5, 5.41) is 14.0. The number of aromatic nitrogens is 2. The van der Waals surface area contributed by atoms with E-state index in [2.05, 4.69) is 16.9 Å². The van der Waals surface area contributed by atoms with Crippen molar-refractivity contribution in [2.24, 2.45) is 0 Å². The lowest BCUT2D eigenvalue weighted by molar-refractivity contribution is 0.104. The Bertz CT molecular complexity index is 691. The minimum absolute atomic E-state index is 0. The van der Waals surface area contributed by atoms with Crippen molar-refractivity contribution >= 4 is 41.3 Å². The molecule has 2 rings (SSSR count). The molecule has 2 N–H and O–H groups in total. The van der Waals surface area contributed by atoms with E-state index in [9.17, 15) is 5.11 Å². The fourth-order valence-corrected chi connectivity index (χ4v) is 2.57. The van der Waals surface area contributed by atoms with Gasteiger partial charge in [-0.1, -0.05) is 43.6 Å². The van der Waals surface area contributed by atoms with Gasteiger partial charge in [0.05, 0.1) is 27.6 Å². The van der Waals surface area contributed by atoms with Crippen LogP contribution in [0.5, 0.6) is 5.75 Å². The molecule has 0 saturated carbocycles. The predicted molar refractivity (Wildman–Crippen MR) is 105 cm³/mol. The van der Waals surface area contributed by atoms with Crippen molar-refractivity contribution in [3.63, 3.8) is 0 Å². The van der Waals surface area contributed by atoms with Crippen LogP contribution in [0.4, 0.5) is 0 Å². The van der Waals surface area contributed by atoms with Gasteiger partial charge in [-0.2, -0.15) is 0 Å². The molecule has 0 spiro atoms. The summed E-state index contributed by atoms with van der Waals surface area (Å²) in [6.07, 6.45) is 4.35. The maximum atomic E-state index is 10.0. The smallest absolute Gasteiger partial charge is 0.148 e. The molecular formula is C17H22Cl3N3O2. The number of nitrogens with one attached hydrogen (secondary N) is 1. The number of aliphatic hydroxyl groups is 1. The standard InChI is InChI=1S/C17H21Cl2N3O2.ClH/c1-11(2)21-8-13(23)9-24-17-15(19)5-4-14(18)16(17)12(3)22-7-6-20-10-22;/h4-7,10-11,13,21,23H,3,8-9H2,1-2H3;1H. The van der Waals surface area contributed by atoms with E-state index in [4.69, 9.17) is 27.9 Å². The zero-order chi connectivity index (χ0) is 17.7. The van der Waals surface area contributed by atoms with E-state index in [0.29, 0.717) is 33.6 Å². The lowest BCUT2D eigenvalue weighted by Gasteiger charge is -2.19. The fourth-order valence-electron chi connectivity index (χ4n) is 2.10. The number of nitrogens with zero attached hydrogens (tertiary/aromatic N) is 2. The number of hydrogen-bond acceptors (Lipinski definition) is 4. The molecule has 0 aliphatic rings. The Labute approximate surface area is 164 Å². The third-order valence-corrected chi connectivity index (χ3v) is 3.96. The number of benzene rings is 1. The molecule has 1 unspecified atom stereocenters. The van der Waals surface area contributed by atoms with Crippen molar-refractivity contribution in [2.45, 2.75) is 26.0 Å². The molecule has 0 bridgehead atoms. The van der Waals surface area contributed by atoms with Crippen LogP contribution in [-0.4, -0.2) is 40.0 Å². The van der Waals surface area contributed by atoms with Gasteiger partial charge >= 0.3 is 0 Å². The Morgan fingerprint density at radius 3 is 2.64 bits per heavy atom. The number of hydrogen-bond donors (Lipinski definition) is 2. The van der Waals surface area contributed by atoms with Crippen molar-refractivity contribution in [2.75, 3.05) is 13.2 Å². The first-order chi connectivity index (χ1) is 11.4. The Hall–Kier alpha value is -1.24. The van der Waals surface area contributed by atoms with E-state index in [1.807, 2.05) is 13.8 Å². The molecule has 0 radical (unpaired) electrons. The molecule has 5 nitrogen and oxygen atoms in total. The summed E-state index contributed by atoms with van der Waals surface area (Å²) in [5.74, 6) is 0.395. The van der Waals surface area contributed by atoms with Crippen LogP contribution in [-0.2, 0) is 0 Å². The number of halogens is 3. The van der Waals surface area contributed by atoms with Gasteiger partial charge in [0.1, 0.15) is 18.5 Å². The summed E-state index contributed by atoms with van der Waals surface area (Å²) in [6.45, 7) is 8.57. The van der Waals surface area contributed by atoms with Crippen LogP contribution >= 0.6 is 35.6 Å². The molecule has 138 valence electrons. The minimum Gasteiger partial charge on any atom is -0.489 e. The molecule has 1 aromatic carbocycles. The molecule has 0 amide bonds. The monoisotopic (exact) mass is 405 g/mol. The predicted octanol–water partition coefficient (Wildman–Crippen LogP) is 3.87. The van der Waals surface area contributed by atoms with Crippen LogP contribution in [0.3, 0.4) is 0 Å². The Morgan fingerprint density at radius 2 is 2.04 bits per heavy atom. The average Bonchev–Trinajstić information content (AvgIpc) is 3.07. The molecule has 0 aliphatic carbocycles. The first-order valence-corrected chi connectivity index (χ1v) is 8.35. The number of aliphatic hydroxyl groups excluding tert-OH is 1. The summed E-state index contributed by atoms with van der Waals surface area (Å²) in [5.41, 5.74) is 1.16. The largest absolute Gasteiger partial charge is 0.489 e. The molecule has 25 heavy (non-hydrogen) atoms. The highest BCUT2D eigenvalue weighted by Crippen LogP contribution is 2.38. The Balaban J connectivity index is 0.00000312. The first-order valence-electron chi connectivity index (χ1n) is 7.60. The first kappa shape index (κ1) is 21.8. The van der Waals surface area contributed by atoms with Gasteiger partial charge in [0.2, 0.25) is 0 Å². The van der Waals surface area contributed by atoms with E-state index in [-0.39, 0.29) is 25.1 Å². The number of ether oxygens (including phenoxy) is 1. The van der Waals surface area contributed by atoms with E-state index in [1.165, 1.54) is 0 Å². The van der Waals surface area contributed by atoms with Gasteiger partial charge in [-0.15, -0.1) is 12.4 Å². The summed E-state index contributed by atoms with van der Waals surface area (Å²) >= 11 is 12.6. The lowest BCUT2D eigenvalue weighted by Crippen LogP contribution is -2.35. The van der Waals surface area contributed by atoms with E-state index in [0.717, 1.165) is 0 Å². The van der Waals surface area contributed by atoms with Crippen LogP contribution in [0.2, 0.25) is 10.0 Å². The van der Waals surface area contributed by atoms with Crippen LogP contribution < -0.4 is 10.1 Å². The highest BCUT2D eigenvalue weighted by atomic mass is 35.5. The SMILES string of the molecule is C=C(c1c(Cl)ccc(Cl)c1OCC(O)CNC(C)C)n1ccnc1.Cl. The van der Waals surface area contributed by atoms with Gasteiger partial charge in [-0.05, 0) is 12.1 Å². The highest BCUT2D eigenvalue weighted by Gasteiger charge is 2.18. The molecule has 0 fully saturated rings. The Morgan fingerprint density at radius 1 is 1.36 bits per heavy atom. The minimum atomic E-state index is -0.670. The van der Waals surface area contributed by atoms with Gasteiger partial charge in [0.25, 0.3) is 0 Å². The summed E-state index contributed by atoms with van der Waals surface area (Å²) < 4.78 is 7.48. The maximum Gasteiger partial charge on any atom is 0.148 e. The van der Waals surface area contributed by atoms with Crippen molar-refractivity contribution in [1.82, 2.24) is 14.9 Å². The van der Waals surface area contributed by atoms with Crippen LogP contribution in [0.25, 0.3) is 5.70 Å². The van der Waals surface area contributed by atoms with E-state index >= 15 is 0 Å². The van der Waals surface area contributed by atoms with Crippen LogP contribution in [0.1, 0.15) is 19.4 Å². The second-order valence-corrected chi connectivity index (χ2v) is 6.49. The topological polar surface area (TPSA) is 59.3 Å². The van der Waals surface area contributed by atoms with E-state index in [1.54, 1.807) is 35.4 Å². The second kappa shape index (κ2) is 10.0. The van der Waals surface area contributed by atoms with Crippen molar-refractivity contribution < 1.29 is 9.84 Å². The summed E-state index contributed by atoms with van der Waals surface area (Å²) in [7, 11) is 0. The number of rotatable bonds is 8. The zero-order valence-electron chi connectivity index (χ0n) is 14.1. The molecule has 0 aliphatic heterocycles. The molecule has 1 heterocycles. The van der Waals surface area contributed by atoms with Gasteiger partial charge in [0.15, 0.2) is 0 Å². The summed E-state index contributed by atoms with van der Waals surface area (Å²) in [6, 6.07) is 3.62. The van der Waals surface area contributed by atoms with Crippen molar-refractivity contribution in [3.8, 4) is 5.75 Å². The van der Waals surface area contributed by atoms with Gasteiger partial charge < -0.3 is 19.7 Å². The molecule has 2 aromatic rings. The molecule has 0 saturated heterocycles. The fraction of sp³-hybridized carbons (Fsp3) is 0.353. The lowest BCUT2D eigenvalue weighted by atomic mass is 10.1. The van der Waals surface area contributed by atoms with Crippen LogP contribution in [0, 0.1) is 0 Å². The van der Waals surface area contributed by atoms with Gasteiger partial charge in [-0.3, -0.25) is 0 Å². The van der Waals surface area contributed by atoms with Crippen LogP contribution in [0.15, 0.2) is 37.4 Å². The molecule has 8 heteroatoms. The third kappa shape index (κ3) is 5.90. The normalized spacial score (nSPS) is 11.9. The molecule has 1 aromatic heterocycles. The third-order valence-electron chi connectivity index (χ3n) is 3.35. The van der Waals surface area contributed by atoms with Crippen molar-refractivity contribution in [1.29, 1.82) is 0 Å². The second-order valence-electron chi connectivity index (χ2n) is 5.68.